The zero-order valence-corrected chi connectivity index (χ0v) is 12.9. The van der Waals surface area contributed by atoms with Gasteiger partial charge in [-0.15, -0.1) is 11.6 Å². The molecule has 0 heterocycles. The van der Waals surface area contributed by atoms with Crippen LogP contribution in [0.5, 0.6) is 5.75 Å². The lowest BCUT2D eigenvalue weighted by Crippen LogP contribution is -2.06. The molecule has 2 fully saturated rings. The summed E-state index contributed by atoms with van der Waals surface area (Å²) in [6.45, 7) is 0. The van der Waals surface area contributed by atoms with Crippen LogP contribution < -0.4 is 4.74 Å². The van der Waals surface area contributed by atoms with Crippen LogP contribution in [0, 0.1) is 5.92 Å². The standard InChI is InChI=1S/C19H19ClO/c1-21-16-11-7-14(8-12-16)18-17(13-5-3-2-4-6-13)19(18,20)15-9-10-15/h2-8,11-12,15,17-18H,9-10H2,1H3. The van der Waals surface area contributed by atoms with Crippen LogP contribution >= 0.6 is 11.6 Å². The summed E-state index contributed by atoms with van der Waals surface area (Å²) in [5.74, 6) is 2.46. The first-order chi connectivity index (χ1) is 10.2. The van der Waals surface area contributed by atoms with Crippen molar-refractivity contribution in [3.63, 3.8) is 0 Å². The monoisotopic (exact) mass is 298 g/mol. The van der Waals surface area contributed by atoms with Crippen molar-refractivity contribution in [2.75, 3.05) is 7.11 Å². The molecule has 108 valence electrons. The maximum Gasteiger partial charge on any atom is 0.118 e. The fourth-order valence-corrected chi connectivity index (χ4v) is 4.44. The van der Waals surface area contributed by atoms with Crippen LogP contribution in [-0.4, -0.2) is 12.0 Å². The number of ether oxygens (including phenoxy) is 1. The van der Waals surface area contributed by atoms with Crippen molar-refractivity contribution in [2.24, 2.45) is 5.92 Å². The molecule has 0 aliphatic heterocycles. The Hall–Kier alpha value is -1.47. The number of rotatable bonds is 4. The minimum Gasteiger partial charge on any atom is -0.497 e. The summed E-state index contributed by atoms with van der Waals surface area (Å²) >= 11 is 7.09. The highest BCUT2D eigenvalue weighted by Gasteiger charge is 2.70. The molecule has 3 unspecified atom stereocenters. The molecule has 0 spiro atoms. The van der Waals surface area contributed by atoms with Crippen molar-refractivity contribution in [3.05, 3.63) is 65.7 Å². The predicted octanol–water partition coefficient (Wildman–Crippen LogP) is 4.96. The van der Waals surface area contributed by atoms with Gasteiger partial charge in [-0.3, -0.25) is 0 Å². The smallest absolute Gasteiger partial charge is 0.118 e. The zero-order chi connectivity index (χ0) is 14.4. The number of hydrogen-bond donors (Lipinski definition) is 0. The molecule has 1 nitrogen and oxygen atoms in total. The Morgan fingerprint density at radius 1 is 0.905 bits per heavy atom. The van der Waals surface area contributed by atoms with Gasteiger partial charge in [-0.2, -0.15) is 0 Å². The maximum absolute atomic E-state index is 7.09. The molecule has 0 bridgehead atoms. The molecule has 0 amide bonds. The van der Waals surface area contributed by atoms with Crippen LogP contribution in [0.4, 0.5) is 0 Å². The van der Waals surface area contributed by atoms with Gasteiger partial charge in [-0.1, -0.05) is 42.5 Å². The van der Waals surface area contributed by atoms with Gasteiger partial charge in [0.05, 0.1) is 12.0 Å². The summed E-state index contributed by atoms with van der Waals surface area (Å²) in [6.07, 6.45) is 2.55. The first-order valence-corrected chi connectivity index (χ1v) is 8.00. The van der Waals surface area contributed by atoms with Gasteiger partial charge in [0.15, 0.2) is 0 Å². The van der Waals surface area contributed by atoms with Gasteiger partial charge in [0.1, 0.15) is 5.75 Å². The van der Waals surface area contributed by atoms with Gasteiger partial charge in [-0.05, 0) is 42.0 Å². The highest BCUT2D eigenvalue weighted by atomic mass is 35.5. The Labute approximate surface area is 130 Å². The summed E-state index contributed by atoms with van der Waals surface area (Å²) in [7, 11) is 1.70. The molecule has 0 radical (unpaired) electrons. The molecule has 2 aromatic carbocycles. The molecule has 2 aliphatic carbocycles. The molecule has 21 heavy (non-hydrogen) atoms. The van der Waals surface area contributed by atoms with E-state index < -0.39 is 0 Å². The molecule has 3 atom stereocenters. The number of alkyl halides is 1. The number of hydrogen-bond acceptors (Lipinski definition) is 1. The summed E-state index contributed by atoms with van der Waals surface area (Å²) < 4.78 is 5.26. The van der Waals surface area contributed by atoms with E-state index in [0.29, 0.717) is 17.8 Å². The van der Waals surface area contributed by atoms with Gasteiger partial charge in [-0.25, -0.2) is 0 Å². The Kier molecular flexibility index (Phi) is 3.00. The van der Waals surface area contributed by atoms with E-state index in [1.54, 1.807) is 7.11 Å². The summed E-state index contributed by atoms with van der Waals surface area (Å²) in [5, 5.41) is 0. The number of methoxy groups -OCH3 is 1. The van der Waals surface area contributed by atoms with E-state index in [-0.39, 0.29) is 4.87 Å². The van der Waals surface area contributed by atoms with Crippen LogP contribution in [0.15, 0.2) is 54.6 Å². The van der Waals surface area contributed by atoms with Gasteiger partial charge in [0, 0.05) is 11.8 Å². The predicted molar refractivity (Wildman–Crippen MR) is 86.2 cm³/mol. The van der Waals surface area contributed by atoms with Crippen LogP contribution in [0.2, 0.25) is 0 Å². The van der Waals surface area contributed by atoms with E-state index >= 15 is 0 Å². The van der Waals surface area contributed by atoms with Crippen molar-refractivity contribution in [2.45, 2.75) is 29.6 Å². The van der Waals surface area contributed by atoms with Gasteiger partial charge in [0.25, 0.3) is 0 Å². The van der Waals surface area contributed by atoms with E-state index in [1.807, 2.05) is 12.1 Å². The van der Waals surface area contributed by atoms with Gasteiger partial charge >= 0.3 is 0 Å². The molecular formula is C19H19ClO. The average Bonchev–Trinajstić information content (AvgIpc) is 3.43. The SMILES string of the molecule is COc1ccc(C2C(c3ccccc3)C2(Cl)C2CC2)cc1. The molecule has 2 aliphatic rings. The molecule has 2 saturated carbocycles. The average molecular weight is 299 g/mol. The molecule has 2 heteroatoms. The Morgan fingerprint density at radius 2 is 1.48 bits per heavy atom. The minimum absolute atomic E-state index is 0.0735. The Balaban J connectivity index is 1.69. The van der Waals surface area contributed by atoms with Gasteiger partial charge in [0.2, 0.25) is 0 Å². The third kappa shape index (κ3) is 2.06. The van der Waals surface area contributed by atoms with Crippen LogP contribution in [0.25, 0.3) is 0 Å². The summed E-state index contributed by atoms with van der Waals surface area (Å²) in [6, 6.07) is 19.2. The normalized spacial score (nSPS) is 31.0. The molecule has 0 N–H and O–H groups in total. The van der Waals surface area contributed by atoms with E-state index in [4.69, 9.17) is 16.3 Å². The molecular weight excluding hydrogens is 280 g/mol. The topological polar surface area (TPSA) is 9.23 Å². The largest absolute Gasteiger partial charge is 0.497 e. The summed E-state index contributed by atoms with van der Waals surface area (Å²) in [5.41, 5.74) is 2.71. The quantitative estimate of drug-likeness (QED) is 0.725. The second-order valence-corrected chi connectivity index (χ2v) is 6.90. The number of halogens is 1. The highest BCUT2D eigenvalue weighted by Crippen LogP contribution is 2.75. The zero-order valence-electron chi connectivity index (χ0n) is 12.1. The van der Waals surface area contributed by atoms with E-state index in [1.165, 1.54) is 24.0 Å². The molecule has 4 rings (SSSR count). The lowest BCUT2D eigenvalue weighted by atomic mass is 10.0. The second kappa shape index (κ2) is 4.78. The van der Waals surface area contributed by atoms with Crippen molar-refractivity contribution >= 4 is 11.6 Å². The van der Waals surface area contributed by atoms with E-state index in [9.17, 15) is 0 Å². The first kappa shape index (κ1) is 13.2. The highest BCUT2D eigenvalue weighted by molar-refractivity contribution is 6.28. The molecule has 0 saturated heterocycles. The van der Waals surface area contributed by atoms with Crippen LogP contribution in [0.1, 0.15) is 35.8 Å². The van der Waals surface area contributed by atoms with E-state index in [0.717, 1.165) is 5.75 Å². The number of benzene rings is 2. The third-order valence-electron chi connectivity index (χ3n) is 5.01. The van der Waals surface area contributed by atoms with Crippen molar-refractivity contribution < 1.29 is 4.74 Å². The molecule has 2 aromatic rings. The maximum atomic E-state index is 7.09. The lowest BCUT2D eigenvalue weighted by molar-refractivity contribution is 0.414. The van der Waals surface area contributed by atoms with Crippen molar-refractivity contribution in [3.8, 4) is 5.75 Å². The van der Waals surface area contributed by atoms with Crippen molar-refractivity contribution in [1.29, 1.82) is 0 Å². The minimum atomic E-state index is -0.0735. The van der Waals surface area contributed by atoms with Crippen LogP contribution in [-0.2, 0) is 0 Å². The molecule has 0 aromatic heterocycles. The van der Waals surface area contributed by atoms with Gasteiger partial charge < -0.3 is 4.74 Å². The summed E-state index contributed by atoms with van der Waals surface area (Å²) in [4.78, 5) is -0.0735. The fourth-order valence-electron chi connectivity index (χ4n) is 3.78. The van der Waals surface area contributed by atoms with Crippen molar-refractivity contribution in [1.82, 2.24) is 0 Å². The van der Waals surface area contributed by atoms with Crippen LogP contribution in [0.3, 0.4) is 0 Å². The second-order valence-electron chi connectivity index (χ2n) is 6.24. The van der Waals surface area contributed by atoms with E-state index in [2.05, 4.69) is 42.5 Å². The third-order valence-corrected chi connectivity index (χ3v) is 5.79. The Morgan fingerprint density at radius 3 is 2.00 bits per heavy atom. The lowest BCUT2D eigenvalue weighted by Gasteiger charge is -2.08. The first-order valence-electron chi connectivity index (χ1n) is 7.63. The Bertz CT molecular complexity index is 632. The fraction of sp³-hybridized carbons (Fsp3) is 0.368.